The molecule has 0 heterocycles. The Kier molecular flexibility index (Phi) is 1.54. The first kappa shape index (κ1) is 7.85. The zero-order chi connectivity index (χ0) is 8.77. The van der Waals surface area contributed by atoms with Gasteiger partial charge in [0, 0.05) is 0 Å². The smallest absolute Gasteiger partial charge is 0.00184 e. The van der Waals surface area contributed by atoms with E-state index in [0.717, 1.165) is 11.8 Å². The third-order valence-electron chi connectivity index (χ3n) is 3.93. The fraction of sp³-hybridized carbons (Fsp3) is 0.500. The normalized spacial score (nSPS) is 39.6. The van der Waals surface area contributed by atoms with Crippen molar-refractivity contribution in [1.82, 2.24) is 0 Å². The van der Waals surface area contributed by atoms with Gasteiger partial charge in [0.1, 0.15) is 0 Å². The van der Waals surface area contributed by atoms with Gasteiger partial charge in [-0.05, 0) is 22.8 Å². The first-order chi connectivity index (χ1) is 5.67. The molecule has 1 aromatic carbocycles. The minimum Gasteiger partial charge on any atom is -0.0622 e. The van der Waals surface area contributed by atoms with Crippen molar-refractivity contribution < 1.29 is 0 Å². The largest absolute Gasteiger partial charge is 0.0622 e. The summed E-state index contributed by atoms with van der Waals surface area (Å²) in [6.45, 7) is 7.06. The second kappa shape index (κ2) is 2.35. The Morgan fingerprint density at radius 3 is 1.92 bits per heavy atom. The van der Waals surface area contributed by atoms with Crippen LogP contribution in [0.2, 0.25) is 0 Å². The van der Waals surface area contributed by atoms with Gasteiger partial charge < -0.3 is 0 Å². The first-order valence-electron chi connectivity index (χ1n) is 4.73. The summed E-state index contributed by atoms with van der Waals surface area (Å²) in [6.07, 6.45) is 0. The molecule has 0 aromatic heterocycles. The molecule has 2 rings (SSSR count). The standard InChI is InChI=1S/C12H16/c1-9-10(2)12(9,3)11-7-5-4-6-8-11/h4-10H,1-3H3/t9-,10-/m0/s1. The molecule has 0 radical (unpaired) electrons. The molecule has 1 saturated carbocycles. The molecule has 0 spiro atoms. The Morgan fingerprint density at radius 2 is 1.50 bits per heavy atom. The molecule has 0 bridgehead atoms. The van der Waals surface area contributed by atoms with Crippen LogP contribution >= 0.6 is 0 Å². The number of hydrogen-bond acceptors (Lipinski definition) is 0. The summed E-state index contributed by atoms with van der Waals surface area (Å²) in [5, 5.41) is 0. The molecule has 1 aliphatic carbocycles. The summed E-state index contributed by atoms with van der Waals surface area (Å²) >= 11 is 0. The van der Waals surface area contributed by atoms with Crippen molar-refractivity contribution in [2.45, 2.75) is 26.2 Å². The van der Waals surface area contributed by atoms with Gasteiger partial charge in [-0.2, -0.15) is 0 Å². The lowest BCUT2D eigenvalue weighted by Gasteiger charge is -2.10. The lowest BCUT2D eigenvalue weighted by atomic mass is 9.94. The summed E-state index contributed by atoms with van der Waals surface area (Å²) in [5.41, 5.74) is 1.96. The van der Waals surface area contributed by atoms with Gasteiger partial charge in [-0.1, -0.05) is 51.1 Å². The van der Waals surface area contributed by atoms with Crippen molar-refractivity contribution >= 4 is 0 Å². The maximum absolute atomic E-state index is 2.37. The van der Waals surface area contributed by atoms with Crippen LogP contribution in [0.1, 0.15) is 26.3 Å². The van der Waals surface area contributed by atoms with Gasteiger partial charge in [0.2, 0.25) is 0 Å². The Labute approximate surface area is 74.6 Å². The van der Waals surface area contributed by atoms with Gasteiger partial charge in [-0.15, -0.1) is 0 Å². The van der Waals surface area contributed by atoms with Crippen molar-refractivity contribution in [2.24, 2.45) is 11.8 Å². The van der Waals surface area contributed by atoms with E-state index in [2.05, 4.69) is 51.1 Å². The van der Waals surface area contributed by atoms with Crippen LogP contribution in [0.25, 0.3) is 0 Å². The zero-order valence-electron chi connectivity index (χ0n) is 8.04. The average Bonchev–Trinajstić information content (AvgIpc) is 2.60. The van der Waals surface area contributed by atoms with E-state index < -0.39 is 0 Å². The molecule has 64 valence electrons. The minimum atomic E-state index is 0.460. The highest BCUT2D eigenvalue weighted by atomic mass is 14.6. The third kappa shape index (κ3) is 0.841. The molecule has 0 heteroatoms. The van der Waals surface area contributed by atoms with E-state index in [9.17, 15) is 0 Å². The SMILES string of the molecule is C[C@H]1[C@H](C)C1(C)c1ccccc1. The average molecular weight is 160 g/mol. The summed E-state index contributed by atoms with van der Waals surface area (Å²) in [4.78, 5) is 0. The maximum atomic E-state index is 2.37. The second-order valence-corrected chi connectivity index (χ2v) is 4.23. The minimum absolute atomic E-state index is 0.460. The first-order valence-corrected chi connectivity index (χ1v) is 4.73. The molecule has 0 aliphatic heterocycles. The van der Waals surface area contributed by atoms with Crippen LogP contribution in [-0.4, -0.2) is 0 Å². The molecule has 1 fully saturated rings. The van der Waals surface area contributed by atoms with Crippen LogP contribution in [0.4, 0.5) is 0 Å². The van der Waals surface area contributed by atoms with E-state index in [0.29, 0.717) is 5.41 Å². The quantitative estimate of drug-likeness (QED) is 0.591. The van der Waals surface area contributed by atoms with Gasteiger partial charge in [0.25, 0.3) is 0 Å². The van der Waals surface area contributed by atoms with Gasteiger partial charge >= 0.3 is 0 Å². The molecule has 2 atom stereocenters. The maximum Gasteiger partial charge on any atom is -0.00184 e. The van der Waals surface area contributed by atoms with Crippen molar-refractivity contribution in [1.29, 1.82) is 0 Å². The van der Waals surface area contributed by atoms with Crippen LogP contribution in [0, 0.1) is 11.8 Å². The van der Waals surface area contributed by atoms with E-state index in [-0.39, 0.29) is 0 Å². The Hall–Kier alpha value is -0.780. The molecule has 0 N–H and O–H groups in total. The van der Waals surface area contributed by atoms with E-state index in [4.69, 9.17) is 0 Å². The van der Waals surface area contributed by atoms with E-state index >= 15 is 0 Å². The Balaban J connectivity index is 2.34. The molecule has 1 aromatic rings. The molecular weight excluding hydrogens is 144 g/mol. The second-order valence-electron chi connectivity index (χ2n) is 4.23. The third-order valence-corrected chi connectivity index (χ3v) is 3.93. The van der Waals surface area contributed by atoms with Gasteiger partial charge in [-0.25, -0.2) is 0 Å². The van der Waals surface area contributed by atoms with Gasteiger partial charge in [0.05, 0.1) is 0 Å². The van der Waals surface area contributed by atoms with Crippen LogP contribution in [-0.2, 0) is 5.41 Å². The van der Waals surface area contributed by atoms with Gasteiger partial charge in [0.15, 0.2) is 0 Å². The fourth-order valence-corrected chi connectivity index (χ4v) is 2.31. The summed E-state index contributed by atoms with van der Waals surface area (Å²) in [7, 11) is 0. The molecule has 0 unspecified atom stereocenters. The van der Waals surface area contributed by atoms with Crippen LogP contribution < -0.4 is 0 Å². The van der Waals surface area contributed by atoms with Crippen molar-refractivity contribution in [3.8, 4) is 0 Å². The monoisotopic (exact) mass is 160 g/mol. The molecular formula is C12H16. The Bertz CT molecular complexity index is 265. The predicted molar refractivity (Wildman–Crippen MR) is 52.1 cm³/mol. The highest BCUT2D eigenvalue weighted by Gasteiger charge is 2.55. The molecule has 0 nitrogen and oxygen atoms in total. The highest BCUT2D eigenvalue weighted by molar-refractivity contribution is 5.33. The summed E-state index contributed by atoms with van der Waals surface area (Å²) < 4.78 is 0. The van der Waals surface area contributed by atoms with Crippen molar-refractivity contribution in [3.05, 3.63) is 35.9 Å². The van der Waals surface area contributed by atoms with Crippen LogP contribution in [0.3, 0.4) is 0 Å². The van der Waals surface area contributed by atoms with E-state index in [1.807, 2.05) is 0 Å². The van der Waals surface area contributed by atoms with Crippen molar-refractivity contribution in [3.63, 3.8) is 0 Å². The Morgan fingerprint density at radius 1 is 1.00 bits per heavy atom. The highest BCUT2D eigenvalue weighted by Crippen LogP contribution is 2.58. The number of rotatable bonds is 1. The van der Waals surface area contributed by atoms with Gasteiger partial charge in [-0.3, -0.25) is 0 Å². The lowest BCUT2D eigenvalue weighted by molar-refractivity contribution is 0.680. The van der Waals surface area contributed by atoms with E-state index in [1.54, 1.807) is 0 Å². The lowest BCUT2D eigenvalue weighted by Crippen LogP contribution is -2.03. The van der Waals surface area contributed by atoms with Crippen LogP contribution in [0.15, 0.2) is 30.3 Å². The van der Waals surface area contributed by atoms with Crippen molar-refractivity contribution in [2.75, 3.05) is 0 Å². The topological polar surface area (TPSA) is 0 Å². The molecule has 1 aliphatic rings. The molecule has 0 amide bonds. The number of hydrogen-bond donors (Lipinski definition) is 0. The predicted octanol–water partition coefficient (Wildman–Crippen LogP) is 3.23. The zero-order valence-corrected chi connectivity index (χ0v) is 8.04. The van der Waals surface area contributed by atoms with Crippen LogP contribution in [0.5, 0.6) is 0 Å². The number of benzene rings is 1. The summed E-state index contributed by atoms with van der Waals surface area (Å²) in [6, 6.07) is 10.9. The molecule has 12 heavy (non-hydrogen) atoms. The fourth-order valence-electron chi connectivity index (χ4n) is 2.31. The molecule has 0 saturated heterocycles. The van der Waals surface area contributed by atoms with E-state index in [1.165, 1.54) is 5.56 Å². The summed E-state index contributed by atoms with van der Waals surface area (Å²) in [5.74, 6) is 1.69.